The molecular formula is C34H45N3O5S. The van der Waals surface area contributed by atoms with E-state index in [1.807, 2.05) is 107 Å². The average molecular weight is 608 g/mol. The maximum Gasteiger partial charge on any atom is 0.243 e. The molecule has 0 aliphatic carbocycles. The summed E-state index contributed by atoms with van der Waals surface area (Å²) in [5, 5.41) is 3.07. The van der Waals surface area contributed by atoms with Crippen LogP contribution in [0.25, 0.3) is 0 Å². The predicted molar refractivity (Wildman–Crippen MR) is 173 cm³/mol. The van der Waals surface area contributed by atoms with Gasteiger partial charge in [0.1, 0.15) is 11.8 Å². The molecule has 0 saturated carbocycles. The van der Waals surface area contributed by atoms with Crippen molar-refractivity contribution in [3.05, 3.63) is 95.1 Å². The largest absolute Gasteiger partial charge is 0.497 e. The van der Waals surface area contributed by atoms with E-state index in [0.29, 0.717) is 17.9 Å². The number of benzene rings is 3. The lowest BCUT2D eigenvalue weighted by Gasteiger charge is -2.34. The van der Waals surface area contributed by atoms with Crippen LogP contribution < -0.4 is 14.4 Å². The lowest BCUT2D eigenvalue weighted by atomic mass is 10.00. The lowest BCUT2D eigenvalue weighted by Crippen LogP contribution is -2.54. The van der Waals surface area contributed by atoms with Gasteiger partial charge in [0.15, 0.2) is 0 Å². The molecule has 0 fully saturated rings. The van der Waals surface area contributed by atoms with E-state index in [9.17, 15) is 18.0 Å². The quantitative estimate of drug-likeness (QED) is 0.280. The third-order valence-electron chi connectivity index (χ3n) is 7.04. The molecule has 8 nitrogen and oxygen atoms in total. The Morgan fingerprint density at radius 2 is 1.60 bits per heavy atom. The molecule has 1 N–H and O–H groups in total. The van der Waals surface area contributed by atoms with Crippen molar-refractivity contribution in [2.24, 2.45) is 0 Å². The van der Waals surface area contributed by atoms with Crippen molar-refractivity contribution in [3.63, 3.8) is 0 Å². The van der Waals surface area contributed by atoms with Gasteiger partial charge in [0.2, 0.25) is 21.8 Å². The molecular weight excluding hydrogens is 562 g/mol. The normalized spacial score (nSPS) is 12.3. The minimum Gasteiger partial charge on any atom is -0.497 e. The molecule has 0 aliphatic heterocycles. The van der Waals surface area contributed by atoms with Crippen molar-refractivity contribution in [1.29, 1.82) is 0 Å². The summed E-state index contributed by atoms with van der Waals surface area (Å²) < 4.78 is 32.4. The third kappa shape index (κ3) is 10.1. The predicted octanol–water partition coefficient (Wildman–Crippen LogP) is 5.41. The molecule has 9 heteroatoms. The maximum atomic E-state index is 14.0. The zero-order valence-corrected chi connectivity index (χ0v) is 27.2. The minimum absolute atomic E-state index is 0.0644. The Hall–Kier alpha value is -3.85. The molecule has 0 unspecified atom stereocenters. The van der Waals surface area contributed by atoms with Crippen molar-refractivity contribution in [2.75, 3.05) is 24.2 Å². The number of hydrogen-bond acceptors (Lipinski definition) is 5. The molecule has 1 atom stereocenters. The summed E-state index contributed by atoms with van der Waals surface area (Å²) in [6.07, 6.45) is 1.86. The van der Waals surface area contributed by atoms with Gasteiger partial charge in [-0.05, 0) is 81.5 Å². The Bertz CT molecular complexity index is 1500. The number of nitrogens with one attached hydrogen (secondary N) is 1. The third-order valence-corrected chi connectivity index (χ3v) is 8.22. The Balaban J connectivity index is 1.94. The van der Waals surface area contributed by atoms with Gasteiger partial charge in [0.25, 0.3) is 0 Å². The first-order valence-corrected chi connectivity index (χ1v) is 16.4. The van der Waals surface area contributed by atoms with E-state index in [1.165, 1.54) is 10.6 Å². The Labute approximate surface area is 257 Å². The molecule has 2 amide bonds. The number of hydrogen-bond donors (Lipinski definition) is 1. The molecule has 0 aliphatic rings. The fraction of sp³-hybridized carbons (Fsp3) is 0.412. The molecule has 0 bridgehead atoms. The first-order chi connectivity index (χ1) is 20.2. The van der Waals surface area contributed by atoms with Crippen molar-refractivity contribution in [3.8, 4) is 5.75 Å². The highest BCUT2D eigenvalue weighted by atomic mass is 32.2. The molecule has 232 valence electrons. The van der Waals surface area contributed by atoms with E-state index in [4.69, 9.17) is 4.74 Å². The highest BCUT2D eigenvalue weighted by Gasteiger charge is 2.32. The second-order valence-corrected chi connectivity index (χ2v) is 14.0. The summed E-state index contributed by atoms with van der Waals surface area (Å²) in [4.78, 5) is 29.4. The van der Waals surface area contributed by atoms with Crippen LogP contribution in [-0.2, 0) is 32.6 Å². The van der Waals surface area contributed by atoms with Crippen LogP contribution in [0, 0.1) is 13.8 Å². The van der Waals surface area contributed by atoms with Crippen molar-refractivity contribution in [2.45, 2.75) is 72.0 Å². The number of nitrogens with zero attached hydrogens (tertiary/aromatic N) is 2. The number of carbonyl (C=O) groups is 2. The SMILES string of the molecule is COc1cccc(CN(C(=O)CCCN(c2cc(C)ccc2C)S(C)(=O)=O)[C@H](Cc2ccccc2)C(=O)NC(C)(C)C)c1. The van der Waals surface area contributed by atoms with Crippen LogP contribution in [0.15, 0.2) is 72.8 Å². The number of rotatable bonds is 13. The highest BCUT2D eigenvalue weighted by Crippen LogP contribution is 2.25. The monoisotopic (exact) mass is 607 g/mol. The Morgan fingerprint density at radius 1 is 0.930 bits per heavy atom. The van der Waals surface area contributed by atoms with E-state index >= 15 is 0 Å². The first kappa shape index (κ1) is 33.6. The van der Waals surface area contributed by atoms with Gasteiger partial charge >= 0.3 is 0 Å². The standard InChI is InChI=1S/C34H45N3O5S/c1-25-18-19-26(2)30(21-25)37(43(7,40)41)20-12-17-32(38)36(24-28-15-11-16-29(22-28)42-6)31(33(39)35-34(3,4)5)23-27-13-9-8-10-14-27/h8-11,13-16,18-19,21-22,31H,12,17,20,23-24H2,1-7H3,(H,35,39)/t31-/m1/s1. The van der Waals surface area contributed by atoms with Crippen LogP contribution in [0.1, 0.15) is 55.9 Å². The van der Waals surface area contributed by atoms with Crippen LogP contribution in [0.4, 0.5) is 5.69 Å². The number of anilines is 1. The zero-order chi connectivity index (χ0) is 31.8. The van der Waals surface area contributed by atoms with Crippen LogP contribution in [0.5, 0.6) is 5.75 Å². The van der Waals surface area contributed by atoms with Gasteiger partial charge in [-0.1, -0.05) is 54.6 Å². The minimum atomic E-state index is -3.59. The topological polar surface area (TPSA) is 96.0 Å². The molecule has 0 aromatic heterocycles. The number of amides is 2. The average Bonchev–Trinajstić information content (AvgIpc) is 2.93. The number of ether oxygens (including phenoxy) is 1. The van der Waals surface area contributed by atoms with Crippen molar-refractivity contribution in [1.82, 2.24) is 10.2 Å². The molecule has 0 heterocycles. The molecule has 0 spiro atoms. The molecule has 43 heavy (non-hydrogen) atoms. The van der Waals surface area contributed by atoms with Gasteiger partial charge in [-0.2, -0.15) is 0 Å². The van der Waals surface area contributed by atoms with E-state index in [-0.39, 0.29) is 37.7 Å². The van der Waals surface area contributed by atoms with Crippen LogP contribution >= 0.6 is 0 Å². The maximum absolute atomic E-state index is 14.0. The highest BCUT2D eigenvalue weighted by molar-refractivity contribution is 7.92. The summed E-state index contributed by atoms with van der Waals surface area (Å²) in [6, 6.07) is 22.0. The second-order valence-electron chi connectivity index (χ2n) is 12.0. The van der Waals surface area contributed by atoms with E-state index in [0.717, 1.165) is 22.3 Å². The van der Waals surface area contributed by atoms with Crippen LogP contribution in [-0.4, -0.2) is 56.6 Å². The number of methoxy groups -OCH3 is 1. The van der Waals surface area contributed by atoms with Crippen LogP contribution in [0.3, 0.4) is 0 Å². The van der Waals surface area contributed by atoms with E-state index in [1.54, 1.807) is 12.0 Å². The molecule has 3 rings (SSSR count). The smallest absolute Gasteiger partial charge is 0.243 e. The van der Waals surface area contributed by atoms with E-state index in [2.05, 4.69) is 5.32 Å². The van der Waals surface area contributed by atoms with E-state index < -0.39 is 21.6 Å². The van der Waals surface area contributed by atoms with Gasteiger partial charge in [-0.15, -0.1) is 0 Å². The van der Waals surface area contributed by atoms with Gasteiger partial charge in [0, 0.05) is 31.5 Å². The summed E-state index contributed by atoms with van der Waals surface area (Å²) in [5.74, 6) is 0.170. The zero-order valence-electron chi connectivity index (χ0n) is 26.4. The molecule has 3 aromatic carbocycles. The Kier molecular flexibility index (Phi) is 11.4. The van der Waals surface area contributed by atoms with Gasteiger partial charge < -0.3 is 15.0 Å². The fourth-order valence-corrected chi connectivity index (χ4v) is 5.96. The van der Waals surface area contributed by atoms with Gasteiger partial charge in [-0.25, -0.2) is 8.42 Å². The lowest BCUT2D eigenvalue weighted by molar-refractivity contribution is -0.142. The molecule has 3 aromatic rings. The molecule has 0 radical (unpaired) electrons. The summed E-state index contributed by atoms with van der Waals surface area (Å²) >= 11 is 0. The van der Waals surface area contributed by atoms with Crippen molar-refractivity contribution >= 4 is 27.5 Å². The summed E-state index contributed by atoms with van der Waals surface area (Å²) in [7, 11) is -2.01. The summed E-state index contributed by atoms with van der Waals surface area (Å²) in [6.45, 7) is 9.84. The van der Waals surface area contributed by atoms with Gasteiger partial charge in [-0.3, -0.25) is 13.9 Å². The Morgan fingerprint density at radius 3 is 2.23 bits per heavy atom. The van der Waals surface area contributed by atoms with Crippen LogP contribution in [0.2, 0.25) is 0 Å². The first-order valence-electron chi connectivity index (χ1n) is 14.5. The van der Waals surface area contributed by atoms with Gasteiger partial charge in [0.05, 0.1) is 19.1 Å². The van der Waals surface area contributed by atoms with Crippen molar-refractivity contribution < 1.29 is 22.7 Å². The molecule has 0 saturated heterocycles. The number of aryl methyl sites for hydroxylation is 2. The second kappa shape index (κ2) is 14.6. The number of carbonyl (C=O) groups excluding carboxylic acids is 2. The fourth-order valence-electron chi connectivity index (χ4n) is 4.94. The summed E-state index contributed by atoms with van der Waals surface area (Å²) in [5.41, 5.74) is 3.64. The number of sulfonamides is 1.